The predicted molar refractivity (Wildman–Crippen MR) is 73.7 cm³/mol. The van der Waals surface area contributed by atoms with Crippen molar-refractivity contribution in [3.63, 3.8) is 0 Å². The fourth-order valence-electron chi connectivity index (χ4n) is 1.26. The van der Waals surface area contributed by atoms with Crippen LogP contribution in [0.25, 0.3) is 0 Å². The fraction of sp³-hybridized carbons (Fsp3) is 0.333. The van der Waals surface area contributed by atoms with E-state index in [4.69, 9.17) is 11.6 Å². The molecule has 0 spiro atoms. The van der Waals surface area contributed by atoms with Crippen LogP contribution in [0.2, 0.25) is 0 Å². The average molecular weight is 358 g/mol. The lowest BCUT2D eigenvalue weighted by Crippen LogP contribution is -2.18. The summed E-state index contributed by atoms with van der Waals surface area (Å²) in [7, 11) is -3.60. The highest BCUT2D eigenvalue weighted by Crippen LogP contribution is 2.31. The fourth-order valence-corrected chi connectivity index (χ4v) is 3.36. The minimum Gasteiger partial charge on any atom is -0.282 e. The third-order valence-corrected chi connectivity index (χ3v) is 4.44. The van der Waals surface area contributed by atoms with Crippen LogP contribution in [-0.2, 0) is 10.0 Å². The van der Waals surface area contributed by atoms with Gasteiger partial charge >= 0.3 is 0 Å². The van der Waals surface area contributed by atoms with Crippen molar-refractivity contribution in [2.24, 2.45) is 0 Å². The summed E-state index contributed by atoms with van der Waals surface area (Å²) in [6.07, 6.45) is 0. The zero-order valence-electron chi connectivity index (χ0n) is 9.31. The molecule has 0 amide bonds. The Bertz CT molecular complexity index is 576. The first kappa shape index (κ1) is 15.2. The molecule has 0 radical (unpaired) electrons. The highest BCUT2D eigenvalue weighted by atomic mass is 79.9. The van der Waals surface area contributed by atoms with Crippen molar-refractivity contribution in [1.29, 1.82) is 0 Å². The normalized spacial score (nSPS) is 11.3. The third-order valence-electron chi connectivity index (χ3n) is 2.09. The molecule has 100 valence electrons. The molecule has 1 rings (SSSR count). The average Bonchev–Trinajstić information content (AvgIpc) is 2.21. The van der Waals surface area contributed by atoms with Gasteiger partial charge in [-0.2, -0.15) is 0 Å². The van der Waals surface area contributed by atoms with E-state index < -0.39 is 14.9 Å². The summed E-state index contributed by atoms with van der Waals surface area (Å²) in [5.41, 5.74) is 0.409. The molecule has 9 heteroatoms. The van der Waals surface area contributed by atoms with E-state index in [9.17, 15) is 18.5 Å². The Labute approximate surface area is 118 Å². The Kier molecular flexibility index (Phi) is 4.94. The van der Waals surface area contributed by atoms with Crippen LogP contribution in [0.1, 0.15) is 5.56 Å². The standard InChI is InChI=1S/C9H10BrClN2O4S/c1-6-4-7(10)8(5-9(6)13(14)15)12-18(16,17)3-2-11/h4-5,12H,2-3H2,1H3. The summed E-state index contributed by atoms with van der Waals surface area (Å²) in [5.74, 6) is -0.316. The maximum Gasteiger partial charge on any atom is 0.274 e. The van der Waals surface area contributed by atoms with Crippen molar-refractivity contribution in [3.8, 4) is 0 Å². The molecule has 1 aromatic rings. The van der Waals surface area contributed by atoms with Crippen LogP contribution in [0.3, 0.4) is 0 Å². The number of rotatable bonds is 5. The molecule has 0 fully saturated rings. The monoisotopic (exact) mass is 356 g/mol. The number of aryl methyl sites for hydroxylation is 1. The molecule has 0 saturated carbocycles. The summed E-state index contributed by atoms with van der Waals surface area (Å²) in [5, 5.41) is 10.8. The van der Waals surface area contributed by atoms with Gasteiger partial charge in [-0.05, 0) is 28.9 Å². The number of nitro benzene ring substituents is 1. The Balaban J connectivity index is 3.18. The molecular formula is C9H10BrClN2O4S. The maximum absolute atomic E-state index is 11.5. The number of alkyl halides is 1. The second-order valence-corrected chi connectivity index (χ2v) is 6.56. The number of benzene rings is 1. The molecule has 0 aliphatic rings. The molecule has 6 nitrogen and oxygen atoms in total. The largest absolute Gasteiger partial charge is 0.282 e. The first-order valence-corrected chi connectivity index (χ1v) is 7.76. The van der Waals surface area contributed by atoms with Gasteiger partial charge in [-0.25, -0.2) is 8.42 Å². The second kappa shape index (κ2) is 5.85. The van der Waals surface area contributed by atoms with Crippen molar-refractivity contribution in [1.82, 2.24) is 0 Å². The smallest absolute Gasteiger partial charge is 0.274 e. The van der Waals surface area contributed by atoms with Gasteiger partial charge in [-0.15, -0.1) is 11.6 Å². The van der Waals surface area contributed by atoms with Crippen LogP contribution in [0.15, 0.2) is 16.6 Å². The van der Waals surface area contributed by atoms with E-state index in [1.807, 2.05) is 0 Å². The van der Waals surface area contributed by atoms with Gasteiger partial charge in [-0.3, -0.25) is 14.8 Å². The molecule has 1 N–H and O–H groups in total. The molecule has 0 aliphatic carbocycles. The van der Waals surface area contributed by atoms with Gasteiger partial charge < -0.3 is 0 Å². The molecule has 0 unspecified atom stereocenters. The molecule has 18 heavy (non-hydrogen) atoms. The van der Waals surface area contributed by atoms with E-state index in [1.165, 1.54) is 12.1 Å². The Hall–Kier alpha value is -0.860. The van der Waals surface area contributed by atoms with Crippen LogP contribution in [0.4, 0.5) is 11.4 Å². The number of hydrogen-bond acceptors (Lipinski definition) is 4. The lowest BCUT2D eigenvalue weighted by molar-refractivity contribution is -0.385. The minimum absolute atomic E-state index is 0.0547. The summed E-state index contributed by atoms with van der Waals surface area (Å²) in [4.78, 5) is 10.2. The first-order chi connectivity index (χ1) is 8.26. The van der Waals surface area contributed by atoms with E-state index in [0.717, 1.165) is 0 Å². The number of nitro groups is 1. The summed E-state index contributed by atoms with van der Waals surface area (Å²) in [6.45, 7) is 1.57. The van der Waals surface area contributed by atoms with Crippen molar-refractivity contribution in [3.05, 3.63) is 32.3 Å². The van der Waals surface area contributed by atoms with Gasteiger partial charge in [0, 0.05) is 22.0 Å². The number of nitrogens with zero attached hydrogens (tertiary/aromatic N) is 1. The van der Waals surface area contributed by atoms with Crippen LogP contribution < -0.4 is 4.72 Å². The summed E-state index contributed by atoms with van der Waals surface area (Å²) >= 11 is 8.51. The molecule has 0 aromatic heterocycles. The molecule has 0 aliphatic heterocycles. The Morgan fingerprint density at radius 3 is 2.61 bits per heavy atom. The van der Waals surface area contributed by atoms with Gasteiger partial charge in [-0.1, -0.05) is 0 Å². The number of nitrogens with one attached hydrogen (secondary N) is 1. The molecule has 0 atom stereocenters. The quantitative estimate of drug-likeness (QED) is 0.498. The molecule has 0 bridgehead atoms. The van der Waals surface area contributed by atoms with E-state index in [-0.39, 0.29) is 23.0 Å². The number of hydrogen-bond donors (Lipinski definition) is 1. The lowest BCUT2D eigenvalue weighted by Gasteiger charge is -2.09. The van der Waals surface area contributed by atoms with Crippen molar-refractivity contribution in [2.45, 2.75) is 6.92 Å². The number of halogens is 2. The molecular weight excluding hydrogens is 348 g/mol. The van der Waals surface area contributed by atoms with Gasteiger partial charge in [0.2, 0.25) is 10.0 Å². The number of sulfonamides is 1. The van der Waals surface area contributed by atoms with E-state index in [0.29, 0.717) is 10.0 Å². The second-order valence-electron chi connectivity index (χ2n) is 3.49. The highest BCUT2D eigenvalue weighted by molar-refractivity contribution is 9.10. The SMILES string of the molecule is Cc1cc(Br)c(NS(=O)(=O)CCCl)cc1[N+](=O)[O-]. The third kappa shape index (κ3) is 3.82. The van der Waals surface area contributed by atoms with Gasteiger partial charge in [0.05, 0.1) is 16.4 Å². The molecule has 1 aromatic carbocycles. The Morgan fingerprint density at radius 1 is 1.50 bits per heavy atom. The van der Waals surface area contributed by atoms with Crippen molar-refractivity contribution >= 4 is 48.9 Å². The van der Waals surface area contributed by atoms with Crippen LogP contribution in [-0.4, -0.2) is 25.0 Å². The predicted octanol–water partition coefficient (Wildman–Crippen LogP) is 2.65. The zero-order chi connectivity index (χ0) is 13.9. The van der Waals surface area contributed by atoms with E-state index >= 15 is 0 Å². The summed E-state index contributed by atoms with van der Waals surface area (Å²) < 4.78 is 25.7. The van der Waals surface area contributed by atoms with Crippen molar-refractivity contribution in [2.75, 3.05) is 16.4 Å². The maximum atomic E-state index is 11.5. The topological polar surface area (TPSA) is 89.3 Å². The first-order valence-electron chi connectivity index (χ1n) is 4.78. The van der Waals surface area contributed by atoms with Gasteiger partial charge in [0.15, 0.2) is 0 Å². The molecule has 0 saturated heterocycles. The van der Waals surface area contributed by atoms with Crippen LogP contribution in [0.5, 0.6) is 0 Å². The molecule has 0 heterocycles. The van der Waals surface area contributed by atoms with Crippen molar-refractivity contribution < 1.29 is 13.3 Å². The van der Waals surface area contributed by atoms with Gasteiger partial charge in [0.1, 0.15) is 0 Å². The van der Waals surface area contributed by atoms with Crippen LogP contribution in [0, 0.1) is 17.0 Å². The zero-order valence-corrected chi connectivity index (χ0v) is 12.5. The van der Waals surface area contributed by atoms with Crippen LogP contribution >= 0.6 is 27.5 Å². The highest BCUT2D eigenvalue weighted by Gasteiger charge is 2.17. The summed E-state index contributed by atoms with van der Waals surface area (Å²) in [6, 6.07) is 2.65. The van der Waals surface area contributed by atoms with E-state index in [2.05, 4.69) is 20.7 Å². The Morgan fingerprint density at radius 2 is 2.11 bits per heavy atom. The number of anilines is 1. The lowest BCUT2D eigenvalue weighted by atomic mass is 10.2. The van der Waals surface area contributed by atoms with E-state index in [1.54, 1.807) is 6.92 Å². The minimum atomic E-state index is -3.60. The van der Waals surface area contributed by atoms with Gasteiger partial charge in [0.25, 0.3) is 5.69 Å².